The number of aromatic nitrogens is 3. The summed E-state index contributed by atoms with van der Waals surface area (Å²) in [5, 5.41) is 2.85. The molecule has 0 fully saturated rings. The van der Waals surface area contributed by atoms with E-state index in [0.717, 1.165) is 11.4 Å². The van der Waals surface area contributed by atoms with Crippen molar-refractivity contribution in [2.75, 3.05) is 16.8 Å². The maximum Gasteiger partial charge on any atom is 0.255 e. The lowest BCUT2D eigenvalue weighted by molar-refractivity contribution is 0.102. The van der Waals surface area contributed by atoms with Crippen LogP contribution in [0.1, 0.15) is 22.8 Å². The van der Waals surface area contributed by atoms with Crippen molar-refractivity contribution in [3.8, 4) is 12.3 Å². The zero-order valence-electron chi connectivity index (χ0n) is 14.3. The average molecular weight is 343 g/mol. The Labute approximate surface area is 151 Å². The molecule has 26 heavy (non-hydrogen) atoms. The first-order valence-electron chi connectivity index (χ1n) is 8.07. The number of benzene rings is 1. The van der Waals surface area contributed by atoms with E-state index in [2.05, 4.69) is 26.2 Å². The number of amides is 1. The zero-order chi connectivity index (χ0) is 18.4. The molecule has 0 radical (unpaired) electrons. The van der Waals surface area contributed by atoms with Crippen LogP contribution < -0.4 is 10.2 Å². The number of rotatable bonds is 5. The molecule has 0 aliphatic rings. The molecular formula is C20H17N5O. The number of nitrogens with one attached hydrogen (secondary N) is 1. The lowest BCUT2D eigenvalue weighted by Crippen LogP contribution is -2.17. The molecule has 1 amide bonds. The molecule has 6 nitrogen and oxygen atoms in total. The molecule has 0 aliphatic carbocycles. The third-order valence-electron chi connectivity index (χ3n) is 3.76. The van der Waals surface area contributed by atoms with Crippen LogP contribution in [0.25, 0.3) is 0 Å². The summed E-state index contributed by atoms with van der Waals surface area (Å²) < 4.78 is 0. The Hall–Kier alpha value is -3.72. The number of hydrogen-bond acceptors (Lipinski definition) is 5. The molecule has 3 aromatic rings. The maximum absolute atomic E-state index is 12.5. The van der Waals surface area contributed by atoms with Crippen molar-refractivity contribution in [3.63, 3.8) is 0 Å². The Kier molecular flexibility index (Phi) is 5.20. The standard InChI is InChI=1S/C20H17N5O/c1-3-15-6-5-7-16(8-15)20(26)24-17-9-18(11-21-10-17)25(4-2)19-12-22-14-23-13-19/h1,5-14H,4H2,2H3,(H,24,26). The highest BCUT2D eigenvalue weighted by atomic mass is 16.1. The van der Waals surface area contributed by atoms with Crippen molar-refractivity contribution in [1.29, 1.82) is 0 Å². The summed E-state index contributed by atoms with van der Waals surface area (Å²) in [7, 11) is 0. The normalized spacial score (nSPS) is 10.0. The number of terminal acetylenes is 1. The number of pyridine rings is 1. The molecule has 0 saturated carbocycles. The first-order valence-corrected chi connectivity index (χ1v) is 8.07. The quantitative estimate of drug-likeness (QED) is 0.720. The summed E-state index contributed by atoms with van der Waals surface area (Å²) in [5.74, 6) is 2.28. The molecule has 0 aliphatic heterocycles. The minimum atomic E-state index is -0.243. The van der Waals surface area contributed by atoms with Crippen molar-refractivity contribution < 1.29 is 4.79 Å². The second kappa shape index (κ2) is 7.90. The molecule has 0 saturated heterocycles. The molecule has 2 aromatic heterocycles. The second-order valence-corrected chi connectivity index (χ2v) is 5.45. The van der Waals surface area contributed by atoms with Crippen LogP contribution in [0.2, 0.25) is 0 Å². The Morgan fingerprint density at radius 3 is 2.62 bits per heavy atom. The number of nitrogens with zero attached hydrogens (tertiary/aromatic N) is 4. The summed E-state index contributed by atoms with van der Waals surface area (Å²) in [6, 6.07) is 8.78. The minimum Gasteiger partial charge on any atom is -0.338 e. The van der Waals surface area contributed by atoms with E-state index in [-0.39, 0.29) is 5.91 Å². The van der Waals surface area contributed by atoms with Crippen LogP contribution in [-0.4, -0.2) is 27.4 Å². The van der Waals surface area contributed by atoms with E-state index in [1.165, 1.54) is 6.33 Å². The smallest absolute Gasteiger partial charge is 0.255 e. The van der Waals surface area contributed by atoms with Crippen molar-refractivity contribution in [1.82, 2.24) is 15.0 Å². The summed E-state index contributed by atoms with van der Waals surface area (Å²) in [6.45, 7) is 2.72. The Morgan fingerprint density at radius 2 is 1.88 bits per heavy atom. The highest BCUT2D eigenvalue weighted by molar-refractivity contribution is 6.04. The Morgan fingerprint density at radius 1 is 1.12 bits per heavy atom. The molecule has 0 spiro atoms. The second-order valence-electron chi connectivity index (χ2n) is 5.45. The predicted molar refractivity (Wildman–Crippen MR) is 101 cm³/mol. The van der Waals surface area contributed by atoms with Gasteiger partial charge < -0.3 is 10.2 Å². The molecular weight excluding hydrogens is 326 g/mol. The summed E-state index contributed by atoms with van der Waals surface area (Å²) in [5.41, 5.74) is 3.42. The molecule has 0 unspecified atom stereocenters. The predicted octanol–water partition coefficient (Wildman–Crippen LogP) is 3.26. The van der Waals surface area contributed by atoms with Gasteiger partial charge in [-0.3, -0.25) is 9.78 Å². The van der Waals surface area contributed by atoms with Gasteiger partial charge in [-0.15, -0.1) is 6.42 Å². The van der Waals surface area contributed by atoms with Crippen LogP contribution in [0, 0.1) is 12.3 Å². The first-order chi connectivity index (χ1) is 12.7. The number of hydrogen-bond donors (Lipinski definition) is 1. The van der Waals surface area contributed by atoms with Gasteiger partial charge in [-0.25, -0.2) is 9.97 Å². The van der Waals surface area contributed by atoms with Crippen molar-refractivity contribution >= 4 is 23.0 Å². The van der Waals surface area contributed by atoms with Gasteiger partial charge in [0.15, 0.2) is 0 Å². The van der Waals surface area contributed by atoms with Gasteiger partial charge in [0.1, 0.15) is 6.33 Å². The third kappa shape index (κ3) is 3.84. The SMILES string of the molecule is C#Cc1cccc(C(=O)Nc2cncc(N(CC)c3cncnc3)c2)c1. The van der Waals surface area contributed by atoms with Crippen LogP contribution in [0.4, 0.5) is 17.1 Å². The van der Waals surface area contributed by atoms with Gasteiger partial charge in [0, 0.05) is 17.7 Å². The van der Waals surface area contributed by atoms with Crippen molar-refractivity contribution in [2.24, 2.45) is 0 Å². The highest BCUT2D eigenvalue weighted by Gasteiger charge is 2.11. The summed E-state index contributed by atoms with van der Waals surface area (Å²) >= 11 is 0. The molecule has 2 heterocycles. The zero-order valence-corrected chi connectivity index (χ0v) is 14.3. The fourth-order valence-electron chi connectivity index (χ4n) is 2.54. The van der Waals surface area contributed by atoms with Crippen LogP contribution in [-0.2, 0) is 0 Å². The lowest BCUT2D eigenvalue weighted by Gasteiger charge is -2.22. The monoisotopic (exact) mass is 343 g/mol. The van der Waals surface area contributed by atoms with Gasteiger partial charge in [0.2, 0.25) is 0 Å². The summed E-state index contributed by atoms with van der Waals surface area (Å²) in [6.07, 6.45) is 13.7. The molecule has 0 bridgehead atoms. The number of anilines is 3. The topological polar surface area (TPSA) is 71.0 Å². The van der Waals surface area contributed by atoms with Crippen LogP contribution in [0.3, 0.4) is 0 Å². The van der Waals surface area contributed by atoms with Crippen LogP contribution >= 0.6 is 0 Å². The Bertz CT molecular complexity index is 950. The van der Waals surface area contributed by atoms with Crippen molar-refractivity contribution in [2.45, 2.75) is 6.92 Å². The molecule has 6 heteroatoms. The van der Waals surface area contributed by atoms with Crippen LogP contribution in [0.5, 0.6) is 0 Å². The number of carbonyl (C=O) groups is 1. The van der Waals surface area contributed by atoms with Gasteiger partial charge >= 0.3 is 0 Å². The summed E-state index contributed by atoms with van der Waals surface area (Å²) in [4.78, 5) is 26.8. The molecule has 1 aromatic carbocycles. The van der Waals surface area contributed by atoms with E-state index in [1.807, 2.05) is 17.9 Å². The number of carbonyl (C=O) groups excluding carboxylic acids is 1. The van der Waals surface area contributed by atoms with E-state index in [9.17, 15) is 4.79 Å². The fourth-order valence-corrected chi connectivity index (χ4v) is 2.54. The van der Waals surface area contributed by atoms with Gasteiger partial charge in [-0.1, -0.05) is 12.0 Å². The first kappa shape index (κ1) is 17.1. The fraction of sp³-hybridized carbons (Fsp3) is 0.100. The minimum absolute atomic E-state index is 0.243. The maximum atomic E-state index is 12.5. The van der Waals surface area contributed by atoms with Gasteiger partial charge in [-0.05, 0) is 31.2 Å². The van der Waals surface area contributed by atoms with Gasteiger partial charge in [0.25, 0.3) is 5.91 Å². The molecule has 3 rings (SSSR count). The van der Waals surface area contributed by atoms with Crippen LogP contribution in [0.15, 0.2) is 61.4 Å². The lowest BCUT2D eigenvalue weighted by atomic mass is 10.1. The van der Waals surface area contributed by atoms with E-state index in [0.29, 0.717) is 23.4 Å². The Balaban J connectivity index is 1.83. The average Bonchev–Trinajstić information content (AvgIpc) is 2.70. The van der Waals surface area contributed by atoms with Crippen molar-refractivity contribution in [3.05, 3.63) is 72.6 Å². The van der Waals surface area contributed by atoms with E-state index in [1.54, 1.807) is 49.1 Å². The largest absolute Gasteiger partial charge is 0.338 e. The van der Waals surface area contributed by atoms with Gasteiger partial charge in [-0.2, -0.15) is 0 Å². The molecule has 128 valence electrons. The molecule has 1 N–H and O–H groups in total. The third-order valence-corrected chi connectivity index (χ3v) is 3.76. The molecule has 0 atom stereocenters. The van der Waals surface area contributed by atoms with E-state index in [4.69, 9.17) is 6.42 Å². The highest BCUT2D eigenvalue weighted by Crippen LogP contribution is 2.25. The van der Waals surface area contributed by atoms with E-state index >= 15 is 0 Å². The van der Waals surface area contributed by atoms with E-state index < -0.39 is 0 Å². The van der Waals surface area contributed by atoms with Gasteiger partial charge in [0.05, 0.1) is 41.8 Å².